The number of anilines is 2. The van der Waals surface area contributed by atoms with Gasteiger partial charge in [0.2, 0.25) is 0 Å². The summed E-state index contributed by atoms with van der Waals surface area (Å²) in [5.74, 6) is 0. The van der Waals surface area contributed by atoms with Crippen molar-refractivity contribution < 1.29 is 0 Å². The number of nitrogens with two attached hydrogens (primary N) is 1. The summed E-state index contributed by atoms with van der Waals surface area (Å²) in [7, 11) is 2.18. The first-order valence-electron chi connectivity index (χ1n) is 6.42. The van der Waals surface area contributed by atoms with Gasteiger partial charge in [-0.25, -0.2) is 0 Å². The molecule has 3 nitrogen and oxygen atoms in total. The Labute approximate surface area is 105 Å². The van der Waals surface area contributed by atoms with Crippen molar-refractivity contribution in [2.75, 3.05) is 37.7 Å². The van der Waals surface area contributed by atoms with Gasteiger partial charge in [0.15, 0.2) is 0 Å². The molecule has 0 aliphatic heterocycles. The SMILES string of the molecule is CCCN(C)CCCNc1ccc(N)c(C)c1. The molecule has 1 aromatic carbocycles. The minimum atomic E-state index is 0.859. The molecule has 96 valence electrons. The summed E-state index contributed by atoms with van der Waals surface area (Å²) in [6, 6.07) is 6.10. The van der Waals surface area contributed by atoms with E-state index in [1.165, 1.54) is 19.4 Å². The Bertz CT molecular complexity index is 336. The standard InChI is InChI=1S/C14H25N3/c1-4-9-17(3)10-5-8-16-13-6-7-14(15)12(2)11-13/h6-7,11,16H,4-5,8-10,15H2,1-3H3. The fourth-order valence-corrected chi connectivity index (χ4v) is 1.86. The number of hydrogen-bond acceptors (Lipinski definition) is 3. The van der Waals surface area contributed by atoms with Gasteiger partial charge in [-0.05, 0) is 63.7 Å². The highest BCUT2D eigenvalue weighted by Crippen LogP contribution is 2.16. The first kappa shape index (κ1) is 13.8. The van der Waals surface area contributed by atoms with Gasteiger partial charge in [-0.15, -0.1) is 0 Å². The zero-order valence-electron chi connectivity index (χ0n) is 11.3. The van der Waals surface area contributed by atoms with E-state index in [0.717, 1.165) is 30.0 Å². The Morgan fingerprint density at radius 2 is 2.06 bits per heavy atom. The van der Waals surface area contributed by atoms with Crippen LogP contribution >= 0.6 is 0 Å². The highest BCUT2D eigenvalue weighted by molar-refractivity contribution is 5.56. The lowest BCUT2D eigenvalue weighted by Gasteiger charge is -2.15. The van der Waals surface area contributed by atoms with E-state index in [1.807, 2.05) is 19.1 Å². The third-order valence-electron chi connectivity index (χ3n) is 2.92. The average Bonchev–Trinajstić information content (AvgIpc) is 2.29. The predicted octanol–water partition coefficient (Wildman–Crippen LogP) is 2.72. The van der Waals surface area contributed by atoms with Crippen molar-refractivity contribution >= 4 is 11.4 Å². The Morgan fingerprint density at radius 3 is 2.71 bits per heavy atom. The molecule has 0 bridgehead atoms. The second-order valence-electron chi connectivity index (χ2n) is 4.65. The van der Waals surface area contributed by atoms with Crippen LogP contribution in [0.1, 0.15) is 25.3 Å². The third kappa shape index (κ3) is 5.09. The Hall–Kier alpha value is -1.22. The van der Waals surface area contributed by atoms with E-state index in [0.29, 0.717) is 0 Å². The van der Waals surface area contributed by atoms with Crippen molar-refractivity contribution in [3.8, 4) is 0 Å². The first-order chi connectivity index (χ1) is 8.13. The summed E-state index contributed by atoms with van der Waals surface area (Å²) < 4.78 is 0. The van der Waals surface area contributed by atoms with Crippen LogP contribution in [0.15, 0.2) is 18.2 Å². The van der Waals surface area contributed by atoms with Crippen LogP contribution in [0.5, 0.6) is 0 Å². The van der Waals surface area contributed by atoms with Crippen molar-refractivity contribution in [1.29, 1.82) is 0 Å². The maximum absolute atomic E-state index is 5.78. The van der Waals surface area contributed by atoms with Gasteiger partial charge < -0.3 is 16.0 Å². The maximum Gasteiger partial charge on any atom is 0.0345 e. The lowest BCUT2D eigenvalue weighted by Crippen LogP contribution is -2.22. The Balaban J connectivity index is 2.24. The highest BCUT2D eigenvalue weighted by Gasteiger charge is 1.98. The summed E-state index contributed by atoms with van der Waals surface area (Å²) >= 11 is 0. The van der Waals surface area contributed by atoms with Crippen LogP contribution in [0.2, 0.25) is 0 Å². The van der Waals surface area contributed by atoms with Gasteiger partial charge in [-0.1, -0.05) is 6.92 Å². The molecule has 0 amide bonds. The van der Waals surface area contributed by atoms with E-state index >= 15 is 0 Å². The topological polar surface area (TPSA) is 41.3 Å². The fourth-order valence-electron chi connectivity index (χ4n) is 1.86. The lowest BCUT2D eigenvalue weighted by molar-refractivity contribution is 0.333. The van der Waals surface area contributed by atoms with E-state index in [2.05, 4.69) is 30.3 Å². The second-order valence-corrected chi connectivity index (χ2v) is 4.65. The van der Waals surface area contributed by atoms with Crippen molar-refractivity contribution in [1.82, 2.24) is 4.90 Å². The van der Waals surface area contributed by atoms with Crippen LogP contribution < -0.4 is 11.1 Å². The smallest absolute Gasteiger partial charge is 0.0345 e. The van der Waals surface area contributed by atoms with Crippen LogP contribution in [-0.2, 0) is 0 Å². The normalized spacial score (nSPS) is 10.8. The molecule has 0 spiro atoms. The molecule has 3 heteroatoms. The molecular weight excluding hydrogens is 210 g/mol. The van der Waals surface area contributed by atoms with Crippen LogP contribution in [0.4, 0.5) is 11.4 Å². The molecule has 1 aromatic rings. The first-order valence-corrected chi connectivity index (χ1v) is 6.42. The number of nitrogen functional groups attached to an aromatic ring is 1. The minimum absolute atomic E-state index is 0.859. The summed E-state index contributed by atoms with van der Waals surface area (Å²) in [5.41, 5.74) is 8.94. The molecule has 17 heavy (non-hydrogen) atoms. The maximum atomic E-state index is 5.78. The molecule has 0 aliphatic carbocycles. The third-order valence-corrected chi connectivity index (χ3v) is 2.92. The number of nitrogens with one attached hydrogen (secondary N) is 1. The molecule has 0 atom stereocenters. The van der Waals surface area contributed by atoms with Crippen LogP contribution in [0.25, 0.3) is 0 Å². The van der Waals surface area contributed by atoms with Gasteiger partial charge in [0, 0.05) is 17.9 Å². The predicted molar refractivity (Wildman–Crippen MR) is 76.5 cm³/mol. The molecule has 3 N–H and O–H groups in total. The molecule has 0 unspecified atom stereocenters. The number of nitrogens with zero attached hydrogens (tertiary/aromatic N) is 1. The average molecular weight is 235 g/mol. The molecular formula is C14H25N3. The Morgan fingerprint density at radius 1 is 1.29 bits per heavy atom. The molecule has 0 saturated heterocycles. The number of aryl methyl sites for hydroxylation is 1. The number of benzene rings is 1. The lowest BCUT2D eigenvalue weighted by atomic mass is 10.2. The highest BCUT2D eigenvalue weighted by atomic mass is 15.1. The van der Waals surface area contributed by atoms with E-state index in [1.54, 1.807) is 0 Å². The van der Waals surface area contributed by atoms with E-state index < -0.39 is 0 Å². The van der Waals surface area contributed by atoms with Gasteiger partial charge in [-0.2, -0.15) is 0 Å². The van der Waals surface area contributed by atoms with Crippen LogP contribution in [-0.4, -0.2) is 31.6 Å². The van der Waals surface area contributed by atoms with Crippen molar-refractivity contribution in [2.45, 2.75) is 26.7 Å². The Kier molecular flexibility index (Phi) is 5.84. The van der Waals surface area contributed by atoms with Crippen LogP contribution in [0, 0.1) is 6.92 Å². The monoisotopic (exact) mass is 235 g/mol. The van der Waals surface area contributed by atoms with Gasteiger partial charge in [0.25, 0.3) is 0 Å². The fraction of sp³-hybridized carbons (Fsp3) is 0.571. The molecule has 0 fully saturated rings. The van der Waals surface area contributed by atoms with Crippen molar-refractivity contribution in [3.63, 3.8) is 0 Å². The van der Waals surface area contributed by atoms with Gasteiger partial charge >= 0.3 is 0 Å². The molecule has 0 aromatic heterocycles. The second kappa shape index (κ2) is 7.17. The van der Waals surface area contributed by atoms with Gasteiger partial charge in [0.1, 0.15) is 0 Å². The number of rotatable bonds is 7. The van der Waals surface area contributed by atoms with Crippen LogP contribution in [0.3, 0.4) is 0 Å². The van der Waals surface area contributed by atoms with Gasteiger partial charge in [-0.3, -0.25) is 0 Å². The number of hydrogen-bond donors (Lipinski definition) is 2. The summed E-state index contributed by atoms with van der Waals surface area (Å²) in [6.45, 7) is 7.59. The minimum Gasteiger partial charge on any atom is -0.399 e. The molecule has 1 rings (SSSR count). The zero-order chi connectivity index (χ0) is 12.7. The molecule has 0 aliphatic rings. The van der Waals surface area contributed by atoms with Crippen molar-refractivity contribution in [2.24, 2.45) is 0 Å². The van der Waals surface area contributed by atoms with E-state index in [9.17, 15) is 0 Å². The van der Waals surface area contributed by atoms with Crippen molar-refractivity contribution in [3.05, 3.63) is 23.8 Å². The molecule has 0 radical (unpaired) electrons. The largest absolute Gasteiger partial charge is 0.399 e. The summed E-state index contributed by atoms with van der Waals surface area (Å²) in [6.07, 6.45) is 2.39. The quantitative estimate of drug-likeness (QED) is 0.564. The molecule has 0 heterocycles. The van der Waals surface area contributed by atoms with E-state index in [-0.39, 0.29) is 0 Å². The summed E-state index contributed by atoms with van der Waals surface area (Å²) in [4.78, 5) is 2.37. The molecule has 0 saturated carbocycles. The van der Waals surface area contributed by atoms with Gasteiger partial charge in [0.05, 0.1) is 0 Å². The van der Waals surface area contributed by atoms with E-state index in [4.69, 9.17) is 5.73 Å². The zero-order valence-corrected chi connectivity index (χ0v) is 11.3. The summed E-state index contributed by atoms with van der Waals surface area (Å²) in [5, 5.41) is 3.43.